The Morgan fingerprint density at radius 2 is 2.25 bits per heavy atom. The Balaban J connectivity index is 1.84. The van der Waals surface area contributed by atoms with Crippen LogP contribution in [0.3, 0.4) is 0 Å². The molecular weight excluding hydrogens is 296 g/mol. The maximum Gasteiger partial charge on any atom is 0.231 e. The number of halogens is 1. The van der Waals surface area contributed by atoms with Crippen molar-refractivity contribution in [1.29, 1.82) is 0 Å². The van der Waals surface area contributed by atoms with Crippen LogP contribution in [-0.2, 0) is 0 Å². The maximum atomic E-state index is 6.20. The van der Waals surface area contributed by atoms with Crippen molar-refractivity contribution >= 4 is 28.1 Å². The lowest BCUT2D eigenvalue weighted by molar-refractivity contribution is 0.174. The molecule has 1 aliphatic heterocycles. The first-order valence-corrected chi connectivity index (χ1v) is 7.62. The lowest BCUT2D eigenvalue weighted by Gasteiger charge is -2.04. The number of rotatable bonds is 4. The number of aromatic nitrogens is 1. The van der Waals surface area contributed by atoms with E-state index in [4.69, 9.17) is 21.1 Å². The Labute approximate surface area is 126 Å². The number of thiazole rings is 1. The largest absolute Gasteiger partial charge is 0.454 e. The fourth-order valence-corrected chi connectivity index (χ4v) is 2.97. The molecule has 0 aliphatic carbocycles. The SMILES string of the molecule is CC(C)CNc1ncc(-c2cc(Cl)c3c(c2)OCO3)s1. The van der Waals surface area contributed by atoms with Gasteiger partial charge in [-0.15, -0.1) is 0 Å². The molecule has 0 spiro atoms. The summed E-state index contributed by atoms with van der Waals surface area (Å²) in [5.74, 6) is 1.90. The van der Waals surface area contributed by atoms with Crippen molar-refractivity contribution < 1.29 is 9.47 Å². The van der Waals surface area contributed by atoms with Crippen LogP contribution in [0, 0.1) is 5.92 Å². The van der Waals surface area contributed by atoms with Gasteiger partial charge in [-0.3, -0.25) is 0 Å². The van der Waals surface area contributed by atoms with E-state index in [1.54, 1.807) is 11.3 Å². The van der Waals surface area contributed by atoms with Gasteiger partial charge in [-0.2, -0.15) is 0 Å². The molecule has 2 heterocycles. The van der Waals surface area contributed by atoms with Crippen LogP contribution < -0.4 is 14.8 Å². The molecule has 3 rings (SSSR count). The number of nitrogens with zero attached hydrogens (tertiary/aromatic N) is 1. The zero-order valence-corrected chi connectivity index (χ0v) is 12.8. The Morgan fingerprint density at radius 3 is 3.05 bits per heavy atom. The van der Waals surface area contributed by atoms with Crippen LogP contribution in [0.2, 0.25) is 5.02 Å². The van der Waals surface area contributed by atoms with Crippen molar-refractivity contribution in [1.82, 2.24) is 4.98 Å². The van der Waals surface area contributed by atoms with E-state index in [0.717, 1.165) is 22.1 Å². The molecule has 0 amide bonds. The minimum atomic E-state index is 0.225. The molecule has 0 unspecified atom stereocenters. The van der Waals surface area contributed by atoms with Gasteiger partial charge in [0.05, 0.1) is 9.90 Å². The average Bonchev–Trinajstić information content (AvgIpc) is 3.05. The van der Waals surface area contributed by atoms with Gasteiger partial charge in [-0.05, 0) is 23.6 Å². The minimum absolute atomic E-state index is 0.225. The third kappa shape index (κ3) is 2.69. The normalized spacial score (nSPS) is 13.0. The van der Waals surface area contributed by atoms with Crippen molar-refractivity contribution in [2.45, 2.75) is 13.8 Å². The number of nitrogens with one attached hydrogen (secondary N) is 1. The molecule has 1 N–H and O–H groups in total. The highest BCUT2D eigenvalue weighted by Crippen LogP contribution is 2.43. The quantitative estimate of drug-likeness (QED) is 0.916. The van der Waals surface area contributed by atoms with E-state index in [1.807, 2.05) is 18.3 Å². The fourth-order valence-electron chi connectivity index (χ4n) is 1.89. The molecule has 20 heavy (non-hydrogen) atoms. The van der Waals surface area contributed by atoms with Crippen LogP contribution in [0.5, 0.6) is 11.5 Å². The molecular formula is C14H15ClN2O2S. The molecule has 106 valence electrons. The van der Waals surface area contributed by atoms with E-state index >= 15 is 0 Å². The molecule has 6 heteroatoms. The van der Waals surface area contributed by atoms with Crippen molar-refractivity contribution in [3.63, 3.8) is 0 Å². The van der Waals surface area contributed by atoms with Gasteiger partial charge in [-0.1, -0.05) is 36.8 Å². The number of benzene rings is 1. The van der Waals surface area contributed by atoms with Crippen molar-refractivity contribution in [3.05, 3.63) is 23.4 Å². The van der Waals surface area contributed by atoms with Gasteiger partial charge in [0.1, 0.15) is 0 Å². The smallest absolute Gasteiger partial charge is 0.231 e. The van der Waals surface area contributed by atoms with Crippen LogP contribution in [-0.4, -0.2) is 18.3 Å². The second-order valence-corrected chi connectivity index (χ2v) is 6.43. The van der Waals surface area contributed by atoms with Gasteiger partial charge in [0.25, 0.3) is 0 Å². The molecule has 1 aromatic carbocycles. The second kappa shape index (κ2) is 5.50. The Morgan fingerprint density at radius 1 is 1.40 bits per heavy atom. The third-order valence-electron chi connectivity index (χ3n) is 2.88. The third-order valence-corrected chi connectivity index (χ3v) is 4.16. The molecule has 4 nitrogen and oxygen atoms in total. The Bertz CT molecular complexity index is 628. The number of hydrogen-bond donors (Lipinski definition) is 1. The van der Waals surface area contributed by atoms with Gasteiger partial charge in [0, 0.05) is 12.7 Å². The molecule has 0 saturated heterocycles. The van der Waals surface area contributed by atoms with E-state index in [-0.39, 0.29) is 6.79 Å². The summed E-state index contributed by atoms with van der Waals surface area (Å²) in [5, 5.41) is 4.81. The summed E-state index contributed by atoms with van der Waals surface area (Å²) in [7, 11) is 0. The topological polar surface area (TPSA) is 43.4 Å². The molecule has 1 aliphatic rings. The lowest BCUT2D eigenvalue weighted by Crippen LogP contribution is -2.07. The van der Waals surface area contributed by atoms with E-state index < -0.39 is 0 Å². The van der Waals surface area contributed by atoms with Gasteiger partial charge in [-0.25, -0.2) is 4.98 Å². The van der Waals surface area contributed by atoms with Gasteiger partial charge in [0.15, 0.2) is 16.6 Å². The van der Waals surface area contributed by atoms with Gasteiger partial charge >= 0.3 is 0 Å². The van der Waals surface area contributed by atoms with Crippen LogP contribution in [0.15, 0.2) is 18.3 Å². The predicted octanol–water partition coefficient (Wildman–Crippen LogP) is 4.26. The van der Waals surface area contributed by atoms with Crippen LogP contribution >= 0.6 is 22.9 Å². The Kier molecular flexibility index (Phi) is 3.72. The summed E-state index contributed by atoms with van der Waals surface area (Å²) in [6.07, 6.45) is 1.85. The molecule has 0 atom stereocenters. The summed E-state index contributed by atoms with van der Waals surface area (Å²) in [6, 6.07) is 3.82. The molecule has 1 aromatic heterocycles. The number of fused-ring (bicyclic) bond motifs is 1. The summed E-state index contributed by atoms with van der Waals surface area (Å²) in [6.45, 7) is 5.47. The second-order valence-electron chi connectivity index (χ2n) is 5.00. The number of ether oxygens (including phenoxy) is 2. The van der Waals surface area contributed by atoms with Crippen LogP contribution in [0.1, 0.15) is 13.8 Å². The van der Waals surface area contributed by atoms with Crippen molar-refractivity contribution in [2.24, 2.45) is 5.92 Å². The van der Waals surface area contributed by atoms with E-state index in [1.165, 1.54) is 0 Å². The first-order chi connectivity index (χ1) is 9.63. The highest BCUT2D eigenvalue weighted by Gasteiger charge is 2.19. The molecule has 0 radical (unpaired) electrons. The monoisotopic (exact) mass is 310 g/mol. The van der Waals surface area contributed by atoms with Crippen molar-refractivity contribution in [2.75, 3.05) is 18.7 Å². The molecule has 0 fully saturated rings. The van der Waals surface area contributed by atoms with Crippen LogP contribution in [0.4, 0.5) is 5.13 Å². The standard InChI is InChI=1S/C14H15ClN2O2S/c1-8(2)5-16-14-17-6-12(20-14)9-3-10(15)13-11(4-9)18-7-19-13/h3-4,6,8H,5,7H2,1-2H3,(H,16,17). The zero-order valence-electron chi connectivity index (χ0n) is 11.3. The first-order valence-electron chi connectivity index (χ1n) is 6.42. The zero-order chi connectivity index (χ0) is 14.1. The lowest BCUT2D eigenvalue weighted by atomic mass is 10.2. The predicted molar refractivity (Wildman–Crippen MR) is 82.0 cm³/mol. The Hall–Kier alpha value is -1.46. The molecule has 2 aromatic rings. The fraction of sp³-hybridized carbons (Fsp3) is 0.357. The highest BCUT2D eigenvalue weighted by molar-refractivity contribution is 7.18. The van der Waals surface area contributed by atoms with E-state index in [2.05, 4.69) is 24.1 Å². The summed E-state index contributed by atoms with van der Waals surface area (Å²) < 4.78 is 10.7. The first kappa shape index (κ1) is 13.5. The van der Waals surface area contributed by atoms with Crippen molar-refractivity contribution in [3.8, 4) is 21.9 Å². The van der Waals surface area contributed by atoms with Crippen LogP contribution in [0.25, 0.3) is 10.4 Å². The van der Waals surface area contributed by atoms with E-state index in [9.17, 15) is 0 Å². The highest BCUT2D eigenvalue weighted by atomic mass is 35.5. The molecule has 0 bridgehead atoms. The molecule has 0 saturated carbocycles. The summed E-state index contributed by atoms with van der Waals surface area (Å²) in [5.41, 5.74) is 0.995. The van der Waals surface area contributed by atoms with Gasteiger partial charge in [0.2, 0.25) is 6.79 Å². The van der Waals surface area contributed by atoms with Gasteiger partial charge < -0.3 is 14.8 Å². The average molecular weight is 311 g/mol. The van der Waals surface area contributed by atoms with E-state index in [0.29, 0.717) is 22.4 Å². The number of anilines is 1. The minimum Gasteiger partial charge on any atom is -0.454 e. The summed E-state index contributed by atoms with van der Waals surface area (Å²) >= 11 is 7.80. The maximum absolute atomic E-state index is 6.20. The summed E-state index contributed by atoms with van der Waals surface area (Å²) in [4.78, 5) is 5.43. The number of hydrogen-bond acceptors (Lipinski definition) is 5.